The molecule has 0 fully saturated rings. The predicted octanol–water partition coefficient (Wildman–Crippen LogP) is 3.58. The summed E-state index contributed by atoms with van der Waals surface area (Å²) in [6.07, 6.45) is 1.76. The first-order valence-electron chi connectivity index (χ1n) is 6.35. The molecule has 1 heterocycles. The van der Waals surface area contributed by atoms with Gasteiger partial charge in [-0.1, -0.05) is 31.2 Å². The molecule has 4 nitrogen and oxygen atoms in total. The molecule has 104 valence electrons. The van der Waals surface area contributed by atoms with Crippen LogP contribution in [-0.4, -0.2) is 24.5 Å². The second-order valence-electron chi connectivity index (χ2n) is 5.93. The fourth-order valence-corrected chi connectivity index (χ4v) is 2.92. The van der Waals surface area contributed by atoms with Crippen LogP contribution in [0.1, 0.15) is 0 Å². The summed E-state index contributed by atoms with van der Waals surface area (Å²) in [4.78, 5) is 0. The molecule has 0 saturated carbocycles. The lowest BCUT2D eigenvalue weighted by Gasteiger charge is -2.15. The molecule has 6 heteroatoms. The number of halogens is 1. The van der Waals surface area contributed by atoms with E-state index in [1.807, 2.05) is 6.07 Å². The van der Waals surface area contributed by atoms with Gasteiger partial charge in [-0.05, 0) is 18.2 Å². The van der Waals surface area contributed by atoms with Gasteiger partial charge in [0.05, 0.1) is 16.7 Å². The zero-order valence-corrected chi connectivity index (χ0v) is 13.4. The van der Waals surface area contributed by atoms with E-state index < -0.39 is 8.07 Å². The maximum atomic E-state index is 6.20. The van der Waals surface area contributed by atoms with Crippen molar-refractivity contribution in [3.8, 4) is 0 Å². The molecule has 0 saturated heterocycles. The molecule has 19 heavy (non-hydrogen) atoms. The van der Waals surface area contributed by atoms with Gasteiger partial charge in [-0.2, -0.15) is 5.10 Å². The van der Waals surface area contributed by atoms with Crippen molar-refractivity contribution in [1.82, 2.24) is 9.78 Å². The molecule has 2 N–H and O–H groups in total. The SMILES string of the molecule is C[Si](C)(C)CCOCn1ncc2cc(N)cc(Cl)c21. The summed E-state index contributed by atoms with van der Waals surface area (Å²) in [5, 5.41) is 5.85. The van der Waals surface area contributed by atoms with Crippen LogP contribution in [0, 0.1) is 0 Å². The Labute approximate surface area is 119 Å². The van der Waals surface area contributed by atoms with Gasteiger partial charge in [0.1, 0.15) is 6.73 Å². The number of fused-ring (bicyclic) bond motifs is 1. The van der Waals surface area contributed by atoms with Crippen molar-refractivity contribution in [3.05, 3.63) is 23.4 Å². The molecular weight excluding hydrogens is 278 g/mol. The van der Waals surface area contributed by atoms with Gasteiger partial charge in [0, 0.05) is 25.8 Å². The van der Waals surface area contributed by atoms with E-state index in [1.54, 1.807) is 16.9 Å². The third-order valence-corrected chi connectivity index (χ3v) is 4.91. The van der Waals surface area contributed by atoms with E-state index in [-0.39, 0.29) is 0 Å². The van der Waals surface area contributed by atoms with E-state index in [2.05, 4.69) is 24.7 Å². The third kappa shape index (κ3) is 3.71. The fraction of sp³-hybridized carbons (Fsp3) is 0.462. The summed E-state index contributed by atoms with van der Waals surface area (Å²) in [5.41, 5.74) is 7.28. The fourth-order valence-electron chi connectivity index (χ4n) is 1.83. The number of rotatable bonds is 5. The molecule has 0 aliphatic rings. The van der Waals surface area contributed by atoms with Gasteiger partial charge < -0.3 is 10.5 Å². The topological polar surface area (TPSA) is 53.1 Å². The molecule has 1 aromatic carbocycles. The summed E-state index contributed by atoms with van der Waals surface area (Å²) in [6.45, 7) is 8.19. The van der Waals surface area contributed by atoms with Crippen molar-refractivity contribution in [2.24, 2.45) is 0 Å². The highest BCUT2D eigenvalue weighted by Gasteiger charge is 2.13. The molecular formula is C13H20ClN3OSi. The van der Waals surface area contributed by atoms with E-state index >= 15 is 0 Å². The Bertz CT molecular complexity index is 577. The van der Waals surface area contributed by atoms with Crippen LogP contribution in [0.3, 0.4) is 0 Å². The van der Waals surface area contributed by atoms with Crippen LogP contribution in [0.5, 0.6) is 0 Å². The van der Waals surface area contributed by atoms with Crippen LogP contribution < -0.4 is 5.73 Å². The quantitative estimate of drug-likeness (QED) is 0.521. The van der Waals surface area contributed by atoms with Crippen LogP contribution in [0.2, 0.25) is 30.7 Å². The Morgan fingerprint density at radius 2 is 2.11 bits per heavy atom. The van der Waals surface area contributed by atoms with Crippen LogP contribution in [0.25, 0.3) is 10.9 Å². The van der Waals surface area contributed by atoms with Crippen LogP contribution in [0.15, 0.2) is 18.3 Å². The van der Waals surface area contributed by atoms with Gasteiger partial charge in [0.15, 0.2) is 0 Å². The lowest BCUT2D eigenvalue weighted by atomic mass is 10.2. The molecule has 0 spiro atoms. The van der Waals surface area contributed by atoms with Gasteiger partial charge >= 0.3 is 0 Å². The predicted molar refractivity (Wildman–Crippen MR) is 83.3 cm³/mol. The van der Waals surface area contributed by atoms with Gasteiger partial charge in [-0.3, -0.25) is 0 Å². The summed E-state index contributed by atoms with van der Waals surface area (Å²) in [7, 11) is -1.05. The maximum Gasteiger partial charge on any atom is 0.140 e. The number of hydrogen-bond acceptors (Lipinski definition) is 3. The second kappa shape index (κ2) is 5.52. The average molecular weight is 298 g/mol. The van der Waals surface area contributed by atoms with E-state index in [9.17, 15) is 0 Å². The Morgan fingerprint density at radius 3 is 2.79 bits per heavy atom. The molecule has 0 amide bonds. The number of hydrogen-bond donors (Lipinski definition) is 1. The molecule has 2 rings (SSSR count). The maximum absolute atomic E-state index is 6.20. The zero-order valence-electron chi connectivity index (χ0n) is 11.6. The highest BCUT2D eigenvalue weighted by atomic mass is 35.5. The number of aromatic nitrogens is 2. The van der Waals surface area contributed by atoms with E-state index in [0.29, 0.717) is 17.4 Å². The molecule has 1 aromatic heterocycles. The molecule has 0 atom stereocenters. The lowest BCUT2D eigenvalue weighted by Crippen LogP contribution is -2.22. The van der Waals surface area contributed by atoms with E-state index in [1.165, 1.54) is 0 Å². The summed E-state index contributed by atoms with van der Waals surface area (Å²) in [6, 6.07) is 4.75. The van der Waals surface area contributed by atoms with Gasteiger partial charge in [0.2, 0.25) is 0 Å². The summed E-state index contributed by atoms with van der Waals surface area (Å²) >= 11 is 6.20. The number of benzene rings is 1. The Morgan fingerprint density at radius 1 is 1.37 bits per heavy atom. The Kier molecular flexibility index (Phi) is 4.18. The lowest BCUT2D eigenvalue weighted by molar-refractivity contribution is 0.0817. The monoisotopic (exact) mass is 297 g/mol. The first-order valence-corrected chi connectivity index (χ1v) is 10.4. The highest BCUT2D eigenvalue weighted by molar-refractivity contribution is 6.76. The van der Waals surface area contributed by atoms with Gasteiger partial charge in [-0.15, -0.1) is 0 Å². The van der Waals surface area contributed by atoms with E-state index in [0.717, 1.165) is 23.6 Å². The van der Waals surface area contributed by atoms with Crippen LogP contribution in [-0.2, 0) is 11.5 Å². The molecule has 2 aromatic rings. The normalized spacial score (nSPS) is 12.2. The standard InChI is InChI=1S/C13H20ClN3OSi/c1-19(2,3)5-4-18-9-17-13-10(8-16-17)6-11(15)7-12(13)14/h6-8H,4-5,9,15H2,1-3H3. The number of nitrogen functional groups attached to an aromatic ring is 1. The number of anilines is 1. The molecule has 0 unspecified atom stereocenters. The first kappa shape index (κ1) is 14.4. The van der Waals surface area contributed by atoms with Crippen molar-refractivity contribution >= 4 is 36.3 Å². The number of nitrogens with two attached hydrogens (primary N) is 1. The molecule has 0 bridgehead atoms. The van der Waals surface area contributed by atoms with Crippen molar-refractivity contribution in [2.45, 2.75) is 32.4 Å². The molecule has 0 aliphatic heterocycles. The van der Waals surface area contributed by atoms with Gasteiger partial charge in [-0.25, -0.2) is 4.68 Å². The van der Waals surface area contributed by atoms with Crippen LogP contribution >= 0.6 is 11.6 Å². The minimum absolute atomic E-state index is 0.428. The second-order valence-corrected chi connectivity index (χ2v) is 12.0. The van der Waals surface area contributed by atoms with Gasteiger partial charge in [0.25, 0.3) is 0 Å². The van der Waals surface area contributed by atoms with Crippen molar-refractivity contribution in [1.29, 1.82) is 0 Å². The number of ether oxygens (including phenoxy) is 1. The smallest absolute Gasteiger partial charge is 0.140 e. The number of nitrogens with zero attached hydrogens (tertiary/aromatic N) is 2. The van der Waals surface area contributed by atoms with Crippen molar-refractivity contribution in [2.75, 3.05) is 12.3 Å². The third-order valence-electron chi connectivity index (χ3n) is 2.92. The minimum atomic E-state index is -1.05. The minimum Gasteiger partial charge on any atom is -0.399 e. The largest absolute Gasteiger partial charge is 0.399 e. The Hall–Kier alpha value is -1.04. The van der Waals surface area contributed by atoms with Crippen molar-refractivity contribution < 1.29 is 4.74 Å². The molecule has 0 radical (unpaired) electrons. The average Bonchev–Trinajstić information content (AvgIpc) is 2.66. The molecule has 0 aliphatic carbocycles. The highest BCUT2D eigenvalue weighted by Crippen LogP contribution is 2.26. The van der Waals surface area contributed by atoms with Crippen LogP contribution in [0.4, 0.5) is 5.69 Å². The van der Waals surface area contributed by atoms with E-state index in [4.69, 9.17) is 22.1 Å². The Balaban J connectivity index is 2.06. The summed E-state index contributed by atoms with van der Waals surface area (Å²) < 4.78 is 7.47. The first-order chi connectivity index (χ1) is 8.87. The van der Waals surface area contributed by atoms with Crippen molar-refractivity contribution in [3.63, 3.8) is 0 Å². The zero-order chi connectivity index (χ0) is 14.0. The summed E-state index contributed by atoms with van der Waals surface area (Å²) in [5.74, 6) is 0.